The number of hydrogen-bond acceptors (Lipinski definition) is 0. The van der Waals surface area contributed by atoms with Gasteiger partial charge in [0.05, 0.1) is 0 Å². The van der Waals surface area contributed by atoms with Gasteiger partial charge in [-0.05, 0) is 139 Å². The molecule has 0 amide bonds. The Morgan fingerprint density at radius 2 is 0.857 bits per heavy atom. The van der Waals surface area contributed by atoms with Gasteiger partial charge in [0.1, 0.15) is 0 Å². The first-order chi connectivity index (χ1) is 18.1. The molecule has 0 aliphatic heterocycles. The number of benzene rings is 1. The van der Waals surface area contributed by atoms with Crippen LogP contribution in [0.5, 0.6) is 0 Å². The molecule has 0 spiro atoms. The fourth-order valence-corrected chi connectivity index (χ4v) is 11.0. The topological polar surface area (TPSA) is 0 Å². The molecule has 42 heavy (non-hydrogen) atoms. The van der Waals surface area contributed by atoms with Crippen molar-refractivity contribution in [1.29, 1.82) is 0 Å². The van der Waals surface area contributed by atoms with E-state index in [9.17, 15) is 0 Å². The van der Waals surface area contributed by atoms with Crippen molar-refractivity contribution in [3.05, 3.63) is 35.9 Å². The molecule has 0 nitrogen and oxygen atoms in total. The van der Waals surface area contributed by atoms with Crippen LogP contribution >= 0.6 is 0 Å². The van der Waals surface area contributed by atoms with Gasteiger partial charge in [0.2, 0.25) is 0 Å². The van der Waals surface area contributed by atoms with Crippen molar-refractivity contribution in [3.8, 4) is 0 Å². The van der Waals surface area contributed by atoms with Crippen LogP contribution in [-0.2, 0) is 5.41 Å². The summed E-state index contributed by atoms with van der Waals surface area (Å²) in [6, 6.07) is 10.6. The van der Waals surface area contributed by atoms with E-state index in [0.717, 1.165) is 46.3 Å². The summed E-state index contributed by atoms with van der Waals surface area (Å²) < 4.78 is 0. The van der Waals surface area contributed by atoms with Gasteiger partial charge in [-0.2, -0.15) is 0 Å². The fourth-order valence-electron chi connectivity index (χ4n) is 11.0. The van der Waals surface area contributed by atoms with Crippen molar-refractivity contribution in [2.75, 3.05) is 0 Å². The molecule has 8 aliphatic rings. The summed E-state index contributed by atoms with van der Waals surface area (Å²) >= 11 is 0. The Morgan fingerprint density at radius 3 is 1.12 bits per heavy atom. The van der Waals surface area contributed by atoms with Gasteiger partial charge in [-0.1, -0.05) is 129 Å². The second-order valence-corrected chi connectivity index (χ2v) is 18.0. The Morgan fingerprint density at radius 1 is 0.500 bits per heavy atom. The zero-order chi connectivity index (χ0) is 28.9. The zero-order valence-corrected chi connectivity index (χ0v) is 28.1. The van der Waals surface area contributed by atoms with Crippen LogP contribution < -0.4 is 0 Å². The molecule has 0 radical (unpaired) electrons. The highest BCUT2D eigenvalue weighted by Gasteiger charge is 2.61. The molecule has 8 fully saturated rings. The third kappa shape index (κ3) is 7.71. The molecule has 8 saturated carbocycles. The van der Waals surface area contributed by atoms with Crippen molar-refractivity contribution in [2.45, 2.75) is 174 Å². The molecule has 0 N–H and O–H groups in total. The lowest BCUT2D eigenvalue weighted by Gasteiger charge is -2.62. The summed E-state index contributed by atoms with van der Waals surface area (Å²) in [7, 11) is 0. The van der Waals surface area contributed by atoms with Gasteiger partial charge in [0.15, 0.2) is 0 Å². The summed E-state index contributed by atoms with van der Waals surface area (Å²) in [5.41, 5.74) is 4.32. The highest BCUT2D eigenvalue weighted by Crippen LogP contribution is 2.71. The van der Waals surface area contributed by atoms with Gasteiger partial charge in [-0.15, -0.1) is 0 Å². The molecular formula is C42H78. The van der Waals surface area contributed by atoms with E-state index in [-0.39, 0.29) is 22.3 Å². The lowest BCUT2D eigenvalue weighted by molar-refractivity contribution is -0.113. The van der Waals surface area contributed by atoms with E-state index in [1.54, 1.807) is 70.6 Å². The van der Waals surface area contributed by atoms with Crippen molar-refractivity contribution < 1.29 is 0 Å². The lowest BCUT2D eigenvalue weighted by atomic mass is 9.43. The van der Waals surface area contributed by atoms with Crippen LogP contribution in [0.15, 0.2) is 30.3 Å². The first kappa shape index (κ1) is 39.2. The van der Waals surface area contributed by atoms with Gasteiger partial charge in [0.25, 0.3) is 0 Å². The van der Waals surface area contributed by atoms with Crippen molar-refractivity contribution >= 4 is 0 Å². The second kappa shape index (κ2) is 14.1. The van der Waals surface area contributed by atoms with E-state index in [1.165, 1.54) is 5.56 Å². The van der Waals surface area contributed by atoms with Crippen LogP contribution in [0, 0.1) is 57.2 Å². The van der Waals surface area contributed by atoms with E-state index < -0.39 is 0 Å². The summed E-state index contributed by atoms with van der Waals surface area (Å²) in [4.78, 5) is 0. The van der Waals surface area contributed by atoms with Crippen LogP contribution in [0.4, 0.5) is 0 Å². The maximum Gasteiger partial charge on any atom is -0.0132 e. The largest absolute Gasteiger partial charge is 0.0776 e. The molecule has 246 valence electrons. The third-order valence-electron chi connectivity index (χ3n) is 12.8. The van der Waals surface area contributed by atoms with Crippen molar-refractivity contribution in [3.63, 3.8) is 0 Å². The molecule has 0 aromatic heterocycles. The quantitative estimate of drug-likeness (QED) is 0.285. The molecule has 0 heterocycles. The van der Waals surface area contributed by atoms with Crippen LogP contribution in [0.1, 0.15) is 175 Å². The molecule has 9 rings (SSSR count). The summed E-state index contributed by atoms with van der Waals surface area (Å²) in [6.07, 6.45) is 17.3. The van der Waals surface area contributed by atoms with Crippen molar-refractivity contribution in [2.24, 2.45) is 57.2 Å². The van der Waals surface area contributed by atoms with E-state index >= 15 is 0 Å². The lowest BCUT2D eigenvalue weighted by Crippen LogP contribution is -2.51. The molecule has 1 aromatic carbocycles. The molecule has 2 unspecified atom stereocenters. The van der Waals surface area contributed by atoms with Gasteiger partial charge in [0, 0.05) is 0 Å². The van der Waals surface area contributed by atoms with E-state index in [1.807, 2.05) is 13.8 Å². The second-order valence-electron chi connectivity index (χ2n) is 18.0. The minimum absolute atomic E-state index is 0. The smallest absolute Gasteiger partial charge is 0.0132 e. The van der Waals surface area contributed by atoms with Crippen LogP contribution in [0.25, 0.3) is 0 Å². The van der Waals surface area contributed by atoms with Crippen LogP contribution in [0.2, 0.25) is 0 Å². The summed E-state index contributed by atoms with van der Waals surface area (Å²) in [6.45, 7) is 25.6. The molecule has 8 bridgehead atoms. The number of rotatable bonds is 0. The summed E-state index contributed by atoms with van der Waals surface area (Å²) in [5.74, 6) is 6.69. The number of hydrogen-bond donors (Lipinski definition) is 0. The molecule has 0 saturated heterocycles. The summed E-state index contributed by atoms with van der Waals surface area (Å²) in [5, 5.41) is 0. The Balaban J connectivity index is 0.000000299. The van der Waals surface area contributed by atoms with Gasteiger partial charge in [-0.3, -0.25) is 0 Å². The average Bonchev–Trinajstić information content (AvgIpc) is 3.25. The predicted octanol–water partition coefficient (Wildman–Crippen LogP) is 14.0. The highest BCUT2D eigenvalue weighted by molar-refractivity contribution is 5.22. The average molecular weight is 583 g/mol. The van der Waals surface area contributed by atoms with E-state index in [0.29, 0.717) is 16.2 Å². The van der Waals surface area contributed by atoms with Crippen LogP contribution in [-0.4, -0.2) is 0 Å². The molecule has 1 aromatic rings. The van der Waals surface area contributed by atoms with Gasteiger partial charge < -0.3 is 0 Å². The molecule has 2 atom stereocenters. The molecule has 8 aliphatic carbocycles. The van der Waals surface area contributed by atoms with Gasteiger partial charge >= 0.3 is 0 Å². The fraction of sp³-hybridized carbons (Fsp3) is 0.857. The molecular weight excluding hydrogens is 504 g/mol. The van der Waals surface area contributed by atoms with E-state index in [4.69, 9.17) is 0 Å². The molecule has 0 heteroatoms. The first-order valence-corrected chi connectivity index (χ1v) is 17.2. The minimum Gasteiger partial charge on any atom is -0.0776 e. The maximum atomic E-state index is 2.49. The van der Waals surface area contributed by atoms with E-state index in [2.05, 4.69) is 92.6 Å². The van der Waals surface area contributed by atoms with Crippen molar-refractivity contribution in [1.82, 2.24) is 0 Å². The SMILES string of the molecule is C.C.C.CC.CC(C)(C)C12CC3CC(CC(C3)C1)C2.CC(C)(C)C12CC3CC(CC1C3)C2.CC(C)(C)c1ccccc1. The highest BCUT2D eigenvalue weighted by atomic mass is 14.7. The Hall–Kier alpha value is -0.780. The third-order valence-corrected chi connectivity index (χ3v) is 12.8. The standard InChI is InChI=1S/C14H24.C13H22.C10H14.C2H6.3CH4/c1-13(2,3)14-7-10-4-11(8-14)6-12(5-10)9-14;1-12(2,3)13-7-9-4-10(8-13)6-11(13)5-9;1-10(2,3)9-7-5-4-6-8-9;1-2;;;/h10-12H,4-9H2,1-3H3;9-11H,4-8H2,1-3H3;4-8H,1-3H3;1-2H3;3*1H4. The Labute approximate surface area is 267 Å². The monoisotopic (exact) mass is 583 g/mol. The Kier molecular flexibility index (Phi) is 13.2. The van der Waals surface area contributed by atoms with Gasteiger partial charge in [-0.25, -0.2) is 0 Å². The Bertz CT molecular complexity index is 864. The maximum absolute atomic E-state index is 2.49. The zero-order valence-electron chi connectivity index (χ0n) is 28.1. The first-order valence-electron chi connectivity index (χ1n) is 17.2. The minimum atomic E-state index is 0. The predicted molar refractivity (Wildman–Crippen MR) is 192 cm³/mol. The normalized spacial score (nSPS) is 36.5. The van der Waals surface area contributed by atoms with Crippen LogP contribution in [0.3, 0.4) is 0 Å².